The van der Waals surface area contributed by atoms with Crippen LogP contribution in [-0.4, -0.2) is 10.4 Å². The maximum Gasteiger partial charge on any atom is 0.172 e. The van der Waals surface area contributed by atoms with E-state index in [0.29, 0.717) is 10.5 Å². The molecule has 0 saturated carbocycles. The molecule has 0 amide bonds. The van der Waals surface area contributed by atoms with Crippen LogP contribution in [0.1, 0.15) is 11.1 Å². The molecule has 21 heavy (non-hydrogen) atoms. The Labute approximate surface area is 126 Å². The minimum absolute atomic E-state index is 0.363. The number of aryl methyl sites for hydroxylation is 1. The number of allylic oxidation sites excluding steroid dienone is 1. The van der Waals surface area contributed by atoms with Gasteiger partial charge in [0.2, 0.25) is 0 Å². The molecule has 0 heterocycles. The van der Waals surface area contributed by atoms with Crippen molar-refractivity contribution in [3.05, 3.63) is 71.3 Å². The third kappa shape index (κ3) is 4.51. The molecule has 0 saturated heterocycles. The van der Waals surface area contributed by atoms with E-state index in [1.807, 2.05) is 55.5 Å². The second kappa shape index (κ2) is 7.32. The fraction of sp³-hybridized carbons (Fsp3) is 0.0588. The summed E-state index contributed by atoms with van der Waals surface area (Å²) in [5.74, 6) is 0. The van der Waals surface area contributed by atoms with Gasteiger partial charge in [0, 0.05) is 0 Å². The summed E-state index contributed by atoms with van der Waals surface area (Å²) in [6.45, 7) is 1.96. The van der Waals surface area contributed by atoms with E-state index >= 15 is 0 Å². The SMILES string of the molecule is Cc1ccc([S@](=O)/N=C/C(C#N)=C/c2ccccc2)cc1. The van der Waals surface area contributed by atoms with E-state index in [0.717, 1.165) is 11.1 Å². The summed E-state index contributed by atoms with van der Waals surface area (Å²) in [7, 11) is -1.49. The van der Waals surface area contributed by atoms with Crippen molar-refractivity contribution < 1.29 is 4.21 Å². The van der Waals surface area contributed by atoms with Crippen molar-refractivity contribution in [3.63, 3.8) is 0 Å². The molecule has 0 fully saturated rings. The number of nitriles is 1. The zero-order valence-electron chi connectivity index (χ0n) is 11.6. The quantitative estimate of drug-likeness (QED) is 0.638. The summed E-state index contributed by atoms with van der Waals surface area (Å²) in [6.07, 6.45) is 3.05. The molecule has 0 radical (unpaired) electrons. The fourth-order valence-electron chi connectivity index (χ4n) is 1.65. The highest BCUT2D eigenvalue weighted by Crippen LogP contribution is 2.10. The van der Waals surface area contributed by atoms with E-state index in [4.69, 9.17) is 5.26 Å². The van der Waals surface area contributed by atoms with E-state index in [1.165, 1.54) is 6.21 Å². The van der Waals surface area contributed by atoms with Crippen molar-refractivity contribution in [2.75, 3.05) is 0 Å². The number of hydrogen-bond acceptors (Lipinski definition) is 2. The lowest BCUT2D eigenvalue weighted by molar-refractivity contribution is 0.684. The Kier molecular flexibility index (Phi) is 5.19. The highest BCUT2D eigenvalue weighted by molar-refractivity contribution is 7.83. The lowest BCUT2D eigenvalue weighted by Crippen LogP contribution is -1.89. The minimum Gasteiger partial charge on any atom is -0.229 e. The summed E-state index contributed by atoms with van der Waals surface area (Å²) in [6, 6.07) is 18.8. The molecule has 3 nitrogen and oxygen atoms in total. The predicted octanol–water partition coefficient (Wildman–Crippen LogP) is 3.70. The summed E-state index contributed by atoms with van der Waals surface area (Å²) in [4.78, 5) is 0.619. The van der Waals surface area contributed by atoms with Crippen molar-refractivity contribution in [2.24, 2.45) is 4.40 Å². The molecular formula is C17H14N2OS. The molecule has 0 N–H and O–H groups in total. The Morgan fingerprint density at radius 1 is 1.14 bits per heavy atom. The molecule has 2 rings (SSSR count). The van der Waals surface area contributed by atoms with Crippen LogP contribution in [0.15, 0.2) is 69.5 Å². The maximum absolute atomic E-state index is 12.0. The number of nitrogens with zero attached hydrogens (tertiary/aromatic N) is 2. The number of hydrogen-bond donors (Lipinski definition) is 0. The molecule has 4 heteroatoms. The van der Waals surface area contributed by atoms with Gasteiger partial charge in [-0.15, -0.1) is 0 Å². The van der Waals surface area contributed by atoms with E-state index in [2.05, 4.69) is 4.40 Å². The van der Waals surface area contributed by atoms with Crippen molar-refractivity contribution in [3.8, 4) is 6.07 Å². The molecule has 0 bridgehead atoms. The van der Waals surface area contributed by atoms with Crippen LogP contribution in [0.5, 0.6) is 0 Å². The van der Waals surface area contributed by atoms with Gasteiger partial charge in [-0.2, -0.15) is 9.66 Å². The van der Waals surface area contributed by atoms with Crippen molar-refractivity contribution in [1.29, 1.82) is 5.26 Å². The van der Waals surface area contributed by atoms with Gasteiger partial charge in [-0.1, -0.05) is 48.0 Å². The molecule has 0 aliphatic heterocycles. The molecule has 2 aromatic rings. The van der Waals surface area contributed by atoms with Gasteiger partial charge in [0.15, 0.2) is 11.0 Å². The van der Waals surface area contributed by atoms with E-state index in [1.54, 1.807) is 18.2 Å². The second-order valence-electron chi connectivity index (χ2n) is 4.42. The van der Waals surface area contributed by atoms with Crippen LogP contribution in [0.2, 0.25) is 0 Å². The number of benzene rings is 2. The summed E-state index contributed by atoms with van der Waals surface area (Å²) in [5.41, 5.74) is 2.37. The normalized spacial score (nSPS) is 13.0. The molecule has 2 aromatic carbocycles. The maximum atomic E-state index is 12.0. The third-order valence-electron chi connectivity index (χ3n) is 2.76. The molecular weight excluding hydrogens is 280 g/mol. The van der Waals surface area contributed by atoms with Crippen molar-refractivity contribution in [1.82, 2.24) is 0 Å². The van der Waals surface area contributed by atoms with Crippen LogP contribution in [0.3, 0.4) is 0 Å². The van der Waals surface area contributed by atoms with Crippen LogP contribution in [0.25, 0.3) is 6.08 Å². The summed E-state index contributed by atoms with van der Waals surface area (Å²) >= 11 is 0. The van der Waals surface area contributed by atoms with Crippen LogP contribution >= 0.6 is 0 Å². The monoisotopic (exact) mass is 294 g/mol. The molecule has 0 unspecified atom stereocenters. The first-order valence-corrected chi connectivity index (χ1v) is 7.49. The second-order valence-corrected chi connectivity index (χ2v) is 5.60. The standard InChI is InChI=1S/C17H14N2OS/c1-14-7-9-17(10-8-14)21(20)19-13-16(12-18)11-15-5-3-2-4-6-15/h2-11,13H,1H3/b16-11+,19-13+/t21-/m0/s1. The average Bonchev–Trinajstić information content (AvgIpc) is 2.52. The largest absolute Gasteiger partial charge is 0.229 e. The van der Waals surface area contributed by atoms with Crippen molar-refractivity contribution >= 4 is 23.3 Å². The van der Waals surface area contributed by atoms with Gasteiger partial charge in [0.05, 0.1) is 16.7 Å². The van der Waals surface area contributed by atoms with Crippen LogP contribution in [-0.2, 0) is 11.0 Å². The molecule has 1 atom stereocenters. The fourth-order valence-corrected chi connectivity index (χ4v) is 2.35. The minimum atomic E-state index is -1.49. The Hall–Kier alpha value is -2.51. The first-order chi connectivity index (χ1) is 10.2. The highest BCUT2D eigenvalue weighted by atomic mass is 32.2. The Morgan fingerprint density at radius 3 is 2.43 bits per heavy atom. The van der Waals surface area contributed by atoms with Gasteiger partial charge in [0.1, 0.15) is 6.07 Å². The molecule has 0 spiro atoms. The van der Waals surface area contributed by atoms with E-state index in [-0.39, 0.29) is 0 Å². The van der Waals surface area contributed by atoms with Gasteiger partial charge in [-0.05, 0) is 30.7 Å². The lowest BCUT2D eigenvalue weighted by atomic mass is 10.1. The predicted molar refractivity (Wildman–Crippen MR) is 86.1 cm³/mol. The third-order valence-corrected chi connectivity index (χ3v) is 3.73. The van der Waals surface area contributed by atoms with Crippen LogP contribution in [0, 0.1) is 18.3 Å². The Morgan fingerprint density at radius 2 is 1.81 bits per heavy atom. The smallest absolute Gasteiger partial charge is 0.172 e. The molecule has 0 aromatic heterocycles. The van der Waals surface area contributed by atoms with Gasteiger partial charge < -0.3 is 0 Å². The molecule has 0 aliphatic rings. The lowest BCUT2D eigenvalue weighted by Gasteiger charge is -1.97. The van der Waals surface area contributed by atoms with Gasteiger partial charge in [-0.3, -0.25) is 0 Å². The number of rotatable bonds is 4. The Balaban J connectivity index is 2.15. The van der Waals surface area contributed by atoms with Crippen LogP contribution in [0.4, 0.5) is 0 Å². The molecule has 104 valence electrons. The summed E-state index contributed by atoms with van der Waals surface area (Å²) < 4.78 is 16.0. The van der Waals surface area contributed by atoms with Crippen molar-refractivity contribution in [2.45, 2.75) is 11.8 Å². The summed E-state index contributed by atoms with van der Waals surface area (Å²) in [5, 5.41) is 9.10. The highest BCUT2D eigenvalue weighted by Gasteiger charge is 2.00. The van der Waals surface area contributed by atoms with Gasteiger partial charge in [-0.25, -0.2) is 4.21 Å². The van der Waals surface area contributed by atoms with E-state index in [9.17, 15) is 4.21 Å². The zero-order valence-corrected chi connectivity index (χ0v) is 12.4. The first kappa shape index (κ1) is 14.9. The first-order valence-electron chi connectivity index (χ1n) is 6.38. The Bertz CT molecular complexity index is 726. The van der Waals surface area contributed by atoms with Gasteiger partial charge in [0.25, 0.3) is 0 Å². The average molecular weight is 294 g/mol. The zero-order chi connectivity index (χ0) is 15.1. The van der Waals surface area contributed by atoms with Gasteiger partial charge >= 0.3 is 0 Å². The van der Waals surface area contributed by atoms with E-state index < -0.39 is 11.0 Å². The molecule has 0 aliphatic carbocycles. The van der Waals surface area contributed by atoms with Crippen LogP contribution < -0.4 is 0 Å². The topological polar surface area (TPSA) is 53.2 Å².